The Morgan fingerprint density at radius 3 is 2.47 bits per heavy atom. The van der Waals surface area contributed by atoms with Crippen molar-refractivity contribution in [3.05, 3.63) is 46.8 Å². The van der Waals surface area contributed by atoms with E-state index in [0.717, 1.165) is 61.9 Å². The van der Waals surface area contributed by atoms with Gasteiger partial charge in [-0.3, -0.25) is 0 Å². The molecule has 0 amide bonds. The third kappa shape index (κ3) is 3.35. The van der Waals surface area contributed by atoms with Crippen molar-refractivity contribution in [2.24, 2.45) is 11.8 Å². The SMILES string of the molecule is N#Cc1cc2c(nc1N1CC3CN(c4ccc(C(F)(F)F)cn4)CC3C1)CCOC2. The number of hydrogen-bond donors (Lipinski definition) is 0. The topological polar surface area (TPSA) is 65.3 Å². The molecule has 0 spiro atoms. The van der Waals surface area contributed by atoms with Gasteiger partial charge in [0.05, 0.1) is 30.0 Å². The highest BCUT2D eigenvalue weighted by atomic mass is 19.4. The van der Waals surface area contributed by atoms with Crippen LogP contribution in [0.15, 0.2) is 24.4 Å². The Morgan fingerprint density at radius 1 is 1.10 bits per heavy atom. The van der Waals surface area contributed by atoms with Gasteiger partial charge in [0.15, 0.2) is 0 Å². The summed E-state index contributed by atoms with van der Waals surface area (Å²) in [4.78, 5) is 13.1. The molecule has 2 unspecified atom stereocenters. The van der Waals surface area contributed by atoms with Gasteiger partial charge in [0.2, 0.25) is 0 Å². The van der Waals surface area contributed by atoms with Crippen LogP contribution in [0.5, 0.6) is 0 Å². The molecular weight excluding hydrogens is 395 g/mol. The minimum Gasteiger partial charge on any atom is -0.376 e. The van der Waals surface area contributed by atoms with Crippen molar-refractivity contribution < 1.29 is 17.9 Å². The summed E-state index contributed by atoms with van der Waals surface area (Å²) in [6, 6.07) is 6.69. The van der Waals surface area contributed by atoms with Crippen molar-refractivity contribution in [1.29, 1.82) is 5.26 Å². The van der Waals surface area contributed by atoms with Crippen molar-refractivity contribution in [1.82, 2.24) is 9.97 Å². The summed E-state index contributed by atoms with van der Waals surface area (Å²) in [5.74, 6) is 2.05. The minimum absolute atomic E-state index is 0.363. The van der Waals surface area contributed by atoms with Gasteiger partial charge in [-0.2, -0.15) is 18.4 Å². The molecule has 2 atom stereocenters. The van der Waals surface area contributed by atoms with Crippen LogP contribution in [0, 0.1) is 23.2 Å². The molecule has 0 N–H and O–H groups in total. The predicted octanol–water partition coefficient (Wildman–Crippen LogP) is 3.01. The second-order valence-corrected chi connectivity index (χ2v) is 8.11. The van der Waals surface area contributed by atoms with Crippen LogP contribution in [-0.4, -0.2) is 42.8 Å². The highest BCUT2D eigenvalue weighted by molar-refractivity contribution is 5.57. The maximum Gasteiger partial charge on any atom is 0.417 e. The molecule has 5 heterocycles. The fraction of sp³-hybridized carbons (Fsp3) is 0.476. The maximum absolute atomic E-state index is 12.8. The normalized spacial score (nSPS) is 23.3. The molecule has 0 radical (unpaired) electrons. The summed E-state index contributed by atoms with van der Waals surface area (Å²) in [5, 5.41) is 9.60. The van der Waals surface area contributed by atoms with E-state index in [1.54, 1.807) is 0 Å². The van der Waals surface area contributed by atoms with Gasteiger partial charge in [0.1, 0.15) is 17.7 Å². The van der Waals surface area contributed by atoms with Crippen molar-refractivity contribution in [3.8, 4) is 6.07 Å². The molecule has 0 aromatic carbocycles. The first-order valence-electron chi connectivity index (χ1n) is 9.96. The number of nitriles is 1. The molecule has 2 aromatic rings. The Hall–Kier alpha value is -2.86. The molecule has 156 valence electrons. The lowest BCUT2D eigenvalue weighted by molar-refractivity contribution is -0.137. The van der Waals surface area contributed by atoms with E-state index in [2.05, 4.69) is 20.9 Å². The average molecular weight is 415 g/mol. The van der Waals surface area contributed by atoms with Crippen LogP contribution in [0.3, 0.4) is 0 Å². The molecule has 0 saturated carbocycles. The van der Waals surface area contributed by atoms with Crippen LogP contribution in [-0.2, 0) is 23.9 Å². The number of rotatable bonds is 2. The monoisotopic (exact) mass is 415 g/mol. The highest BCUT2D eigenvalue weighted by Gasteiger charge is 2.42. The van der Waals surface area contributed by atoms with E-state index >= 15 is 0 Å². The second kappa shape index (κ2) is 7.13. The second-order valence-electron chi connectivity index (χ2n) is 8.11. The van der Waals surface area contributed by atoms with Gasteiger partial charge in [0.25, 0.3) is 0 Å². The van der Waals surface area contributed by atoms with Crippen molar-refractivity contribution in [2.45, 2.75) is 19.2 Å². The van der Waals surface area contributed by atoms with E-state index in [1.165, 1.54) is 6.07 Å². The Bertz CT molecular complexity index is 987. The lowest BCUT2D eigenvalue weighted by Gasteiger charge is -2.25. The van der Waals surface area contributed by atoms with Crippen LogP contribution < -0.4 is 9.80 Å². The zero-order valence-electron chi connectivity index (χ0n) is 16.2. The lowest BCUT2D eigenvalue weighted by atomic mass is 10.0. The summed E-state index contributed by atoms with van der Waals surface area (Å²) in [6.07, 6.45) is -2.72. The summed E-state index contributed by atoms with van der Waals surface area (Å²) in [5.41, 5.74) is 1.83. The third-order valence-electron chi connectivity index (χ3n) is 6.22. The maximum atomic E-state index is 12.8. The van der Waals surface area contributed by atoms with Gasteiger partial charge in [-0.25, -0.2) is 9.97 Å². The van der Waals surface area contributed by atoms with E-state index in [1.807, 2.05) is 6.07 Å². The molecular formula is C21H20F3N5O. The van der Waals surface area contributed by atoms with Crippen molar-refractivity contribution >= 4 is 11.6 Å². The number of fused-ring (bicyclic) bond motifs is 2. The van der Waals surface area contributed by atoms with Crippen LogP contribution in [0.1, 0.15) is 22.4 Å². The summed E-state index contributed by atoms with van der Waals surface area (Å²) in [6.45, 7) is 4.17. The fourth-order valence-corrected chi connectivity index (χ4v) is 4.69. The van der Waals surface area contributed by atoms with Gasteiger partial charge in [-0.1, -0.05) is 0 Å². The molecule has 5 rings (SSSR count). The van der Waals surface area contributed by atoms with Gasteiger partial charge in [-0.15, -0.1) is 0 Å². The first-order valence-corrected chi connectivity index (χ1v) is 9.96. The Balaban J connectivity index is 1.30. The number of ether oxygens (including phenoxy) is 1. The van der Waals surface area contributed by atoms with Gasteiger partial charge in [0, 0.05) is 56.2 Å². The predicted molar refractivity (Wildman–Crippen MR) is 103 cm³/mol. The van der Waals surface area contributed by atoms with Gasteiger partial charge >= 0.3 is 6.18 Å². The van der Waals surface area contributed by atoms with Crippen LogP contribution >= 0.6 is 0 Å². The Kier molecular flexibility index (Phi) is 4.54. The number of aromatic nitrogens is 2. The number of hydrogen-bond acceptors (Lipinski definition) is 6. The Labute approximate surface area is 171 Å². The van der Waals surface area contributed by atoms with Crippen LogP contribution in [0.25, 0.3) is 0 Å². The number of alkyl halides is 3. The number of halogens is 3. The zero-order valence-corrected chi connectivity index (χ0v) is 16.2. The third-order valence-corrected chi connectivity index (χ3v) is 6.22. The van der Waals surface area contributed by atoms with Gasteiger partial charge in [-0.05, 0) is 18.2 Å². The van der Waals surface area contributed by atoms with Crippen molar-refractivity contribution in [3.63, 3.8) is 0 Å². The molecule has 2 saturated heterocycles. The molecule has 0 aliphatic carbocycles. The summed E-state index contributed by atoms with van der Waals surface area (Å²) in [7, 11) is 0. The number of anilines is 2. The lowest BCUT2D eigenvalue weighted by Crippen LogP contribution is -2.30. The van der Waals surface area contributed by atoms with Gasteiger partial charge < -0.3 is 14.5 Å². The fourth-order valence-electron chi connectivity index (χ4n) is 4.69. The number of nitrogens with zero attached hydrogens (tertiary/aromatic N) is 5. The average Bonchev–Trinajstić information content (AvgIpc) is 3.31. The summed E-state index contributed by atoms with van der Waals surface area (Å²) >= 11 is 0. The minimum atomic E-state index is -4.38. The highest BCUT2D eigenvalue weighted by Crippen LogP contribution is 2.37. The molecule has 9 heteroatoms. The first kappa shape index (κ1) is 19.1. The molecule has 2 aromatic heterocycles. The van der Waals surface area contributed by atoms with Crippen LogP contribution in [0.2, 0.25) is 0 Å². The van der Waals surface area contributed by atoms with E-state index in [9.17, 15) is 18.4 Å². The molecule has 3 aliphatic heterocycles. The van der Waals surface area contributed by atoms with E-state index in [4.69, 9.17) is 9.72 Å². The molecule has 30 heavy (non-hydrogen) atoms. The molecule has 2 fully saturated rings. The molecule has 6 nitrogen and oxygen atoms in total. The van der Waals surface area contributed by atoms with Crippen LogP contribution in [0.4, 0.5) is 24.8 Å². The summed E-state index contributed by atoms with van der Waals surface area (Å²) < 4.78 is 43.7. The smallest absolute Gasteiger partial charge is 0.376 e. The first-order chi connectivity index (χ1) is 14.4. The van der Waals surface area contributed by atoms with E-state index in [0.29, 0.717) is 36.4 Å². The van der Waals surface area contributed by atoms with Crippen molar-refractivity contribution in [2.75, 3.05) is 42.6 Å². The Morgan fingerprint density at radius 2 is 1.83 bits per heavy atom. The molecule has 0 bridgehead atoms. The largest absolute Gasteiger partial charge is 0.417 e. The number of pyridine rings is 2. The van der Waals surface area contributed by atoms with E-state index in [-0.39, 0.29) is 0 Å². The van der Waals surface area contributed by atoms with E-state index < -0.39 is 11.7 Å². The quantitative estimate of drug-likeness (QED) is 0.751. The standard InChI is InChI=1S/C21H20F3N5O/c22-21(23,24)17-1-2-19(26-7-17)28-8-15-10-29(11-16(15)9-28)20-13(6-25)5-14-12-30-4-3-18(14)27-20/h1-2,5,7,15-16H,3-4,8-12H2. The zero-order chi connectivity index (χ0) is 20.9. The molecule has 3 aliphatic rings.